The molecule has 0 bridgehead atoms. The highest BCUT2D eigenvalue weighted by molar-refractivity contribution is 9.10. The van der Waals surface area contributed by atoms with Gasteiger partial charge in [0.15, 0.2) is 0 Å². The van der Waals surface area contributed by atoms with Crippen molar-refractivity contribution in [1.29, 1.82) is 0 Å². The van der Waals surface area contributed by atoms with Gasteiger partial charge in [-0.2, -0.15) is 0 Å². The van der Waals surface area contributed by atoms with Crippen molar-refractivity contribution in [3.63, 3.8) is 0 Å². The third-order valence-corrected chi connectivity index (χ3v) is 4.99. The van der Waals surface area contributed by atoms with Crippen LogP contribution in [-0.2, 0) is 0 Å². The lowest BCUT2D eigenvalue weighted by molar-refractivity contribution is 0.253. The molecule has 0 aliphatic carbocycles. The molecule has 0 atom stereocenters. The molecule has 1 saturated heterocycles. The van der Waals surface area contributed by atoms with Crippen molar-refractivity contribution in [2.75, 3.05) is 32.1 Å². The minimum Gasteiger partial charge on any atom is -0.371 e. The van der Waals surface area contributed by atoms with Crippen molar-refractivity contribution >= 4 is 32.5 Å². The van der Waals surface area contributed by atoms with E-state index < -0.39 is 0 Å². The molecule has 1 aliphatic heterocycles. The van der Waals surface area contributed by atoms with Crippen LogP contribution in [0, 0.1) is 6.92 Å². The summed E-state index contributed by atoms with van der Waals surface area (Å²) < 4.78 is 1.11. The molecule has 3 rings (SSSR count). The van der Waals surface area contributed by atoms with Crippen LogP contribution in [0.3, 0.4) is 0 Å². The second-order valence-electron chi connectivity index (χ2n) is 6.09. The van der Waals surface area contributed by atoms with Crippen molar-refractivity contribution in [3.05, 3.63) is 34.4 Å². The molecule has 4 heteroatoms. The van der Waals surface area contributed by atoms with Gasteiger partial charge >= 0.3 is 0 Å². The van der Waals surface area contributed by atoms with Crippen molar-refractivity contribution in [2.45, 2.75) is 25.8 Å². The van der Waals surface area contributed by atoms with Gasteiger partial charge < -0.3 is 9.80 Å². The van der Waals surface area contributed by atoms with Crippen molar-refractivity contribution < 1.29 is 0 Å². The largest absolute Gasteiger partial charge is 0.371 e. The first-order chi connectivity index (χ1) is 10.0. The van der Waals surface area contributed by atoms with Crippen molar-refractivity contribution in [1.82, 2.24) is 9.88 Å². The highest BCUT2D eigenvalue weighted by atomic mass is 79.9. The van der Waals surface area contributed by atoms with Crippen LogP contribution in [0.1, 0.15) is 18.5 Å². The molecule has 2 aromatic rings. The van der Waals surface area contributed by atoms with Gasteiger partial charge in [-0.3, -0.25) is 4.98 Å². The predicted molar refractivity (Wildman–Crippen MR) is 93.1 cm³/mol. The fourth-order valence-corrected chi connectivity index (χ4v) is 3.54. The molecule has 1 fully saturated rings. The average Bonchev–Trinajstić information content (AvgIpc) is 2.47. The lowest BCUT2D eigenvalue weighted by Gasteiger charge is -2.37. The zero-order chi connectivity index (χ0) is 15.0. The Hall–Kier alpha value is -1.13. The molecule has 0 spiro atoms. The topological polar surface area (TPSA) is 19.4 Å². The fourth-order valence-electron chi connectivity index (χ4n) is 3.18. The molecule has 0 amide bonds. The average molecular weight is 348 g/mol. The number of aromatic nitrogens is 1. The summed E-state index contributed by atoms with van der Waals surface area (Å²) >= 11 is 3.59. The van der Waals surface area contributed by atoms with Crippen molar-refractivity contribution in [3.8, 4) is 0 Å². The van der Waals surface area contributed by atoms with Crippen LogP contribution < -0.4 is 4.90 Å². The Morgan fingerprint density at radius 1 is 1.24 bits per heavy atom. The van der Waals surface area contributed by atoms with Gasteiger partial charge in [0.05, 0.1) is 5.52 Å². The second-order valence-corrected chi connectivity index (χ2v) is 7.01. The quantitative estimate of drug-likeness (QED) is 0.822. The van der Waals surface area contributed by atoms with Gasteiger partial charge in [0, 0.05) is 34.3 Å². The Morgan fingerprint density at radius 2 is 1.95 bits per heavy atom. The first-order valence-corrected chi connectivity index (χ1v) is 8.32. The van der Waals surface area contributed by atoms with E-state index in [9.17, 15) is 0 Å². The van der Waals surface area contributed by atoms with E-state index in [-0.39, 0.29) is 0 Å². The van der Waals surface area contributed by atoms with Crippen LogP contribution in [0.25, 0.3) is 10.9 Å². The standard InChI is InChI=1S/C17H22BrN3/c1-12-10-17(15-11-13(18)4-5-16(15)19-12)21(3)14-6-8-20(2)9-7-14/h4-5,10-11,14H,6-9H2,1-3H3. The lowest BCUT2D eigenvalue weighted by atomic mass is 10.0. The maximum Gasteiger partial charge on any atom is 0.0726 e. The van der Waals surface area contributed by atoms with Gasteiger partial charge in [0.25, 0.3) is 0 Å². The predicted octanol–water partition coefficient (Wildman–Crippen LogP) is 3.84. The third-order valence-electron chi connectivity index (χ3n) is 4.49. The Labute approximate surface area is 135 Å². The highest BCUT2D eigenvalue weighted by Crippen LogP contribution is 2.31. The number of piperidine rings is 1. The number of likely N-dealkylation sites (tertiary alicyclic amines) is 1. The van der Waals surface area contributed by atoms with E-state index >= 15 is 0 Å². The Kier molecular flexibility index (Phi) is 4.18. The molecular weight excluding hydrogens is 326 g/mol. The van der Waals surface area contributed by atoms with Crippen LogP contribution in [-0.4, -0.2) is 43.1 Å². The summed E-state index contributed by atoms with van der Waals surface area (Å²) in [5, 5.41) is 1.23. The van der Waals surface area contributed by atoms with Gasteiger partial charge in [-0.15, -0.1) is 0 Å². The molecule has 0 saturated carbocycles. The zero-order valence-corrected chi connectivity index (χ0v) is 14.5. The van der Waals surface area contributed by atoms with E-state index in [0.29, 0.717) is 6.04 Å². The van der Waals surface area contributed by atoms with Gasteiger partial charge in [-0.25, -0.2) is 0 Å². The number of fused-ring (bicyclic) bond motifs is 1. The molecule has 0 radical (unpaired) electrons. The third kappa shape index (κ3) is 3.06. The van der Waals surface area contributed by atoms with E-state index in [1.54, 1.807) is 0 Å². The Balaban J connectivity index is 2.00. The summed E-state index contributed by atoms with van der Waals surface area (Å²) in [5.41, 5.74) is 3.46. The van der Waals surface area contributed by atoms with Gasteiger partial charge in [0.1, 0.15) is 0 Å². The molecule has 1 aromatic carbocycles. The molecule has 0 N–H and O–H groups in total. The van der Waals surface area contributed by atoms with Gasteiger partial charge in [-0.1, -0.05) is 15.9 Å². The molecule has 21 heavy (non-hydrogen) atoms. The number of hydrogen-bond donors (Lipinski definition) is 0. The van der Waals surface area contributed by atoms with Crippen molar-refractivity contribution in [2.24, 2.45) is 0 Å². The first-order valence-electron chi connectivity index (χ1n) is 7.53. The van der Waals surface area contributed by atoms with Crippen LogP contribution in [0.4, 0.5) is 5.69 Å². The minimum atomic E-state index is 0.616. The van der Waals surface area contributed by atoms with E-state index in [0.717, 1.165) is 15.7 Å². The molecule has 0 unspecified atom stereocenters. The molecular formula is C17H22BrN3. The number of rotatable bonds is 2. The monoisotopic (exact) mass is 347 g/mol. The Morgan fingerprint density at radius 3 is 2.67 bits per heavy atom. The maximum absolute atomic E-state index is 4.66. The summed E-state index contributed by atoms with van der Waals surface area (Å²) in [6.45, 7) is 4.44. The minimum absolute atomic E-state index is 0.616. The van der Waals surface area contributed by atoms with Gasteiger partial charge in [-0.05, 0) is 64.2 Å². The molecule has 2 heterocycles. The summed E-state index contributed by atoms with van der Waals surface area (Å²) in [5.74, 6) is 0. The fraction of sp³-hybridized carbons (Fsp3) is 0.471. The number of nitrogens with zero attached hydrogens (tertiary/aromatic N) is 3. The summed E-state index contributed by atoms with van der Waals surface area (Å²) in [6.07, 6.45) is 2.45. The molecule has 1 aromatic heterocycles. The SMILES string of the molecule is Cc1cc(N(C)C2CCN(C)CC2)c2cc(Br)ccc2n1. The number of hydrogen-bond acceptors (Lipinski definition) is 3. The normalized spacial score (nSPS) is 17.3. The summed E-state index contributed by atoms with van der Waals surface area (Å²) in [7, 11) is 4.43. The number of benzene rings is 1. The lowest BCUT2D eigenvalue weighted by Crippen LogP contribution is -2.42. The smallest absolute Gasteiger partial charge is 0.0726 e. The molecule has 3 nitrogen and oxygen atoms in total. The first kappa shape index (κ1) is 14.8. The Bertz CT molecular complexity index is 648. The van der Waals surface area contributed by atoms with Crippen LogP contribution in [0.15, 0.2) is 28.7 Å². The van der Waals surface area contributed by atoms with E-state index in [2.05, 4.69) is 76.0 Å². The zero-order valence-electron chi connectivity index (χ0n) is 12.9. The number of anilines is 1. The highest BCUT2D eigenvalue weighted by Gasteiger charge is 2.22. The van der Waals surface area contributed by atoms with E-state index in [4.69, 9.17) is 0 Å². The number of aryl methyl sites for hydroxylation is 1. The summed E-state index contributed by atoms with van der Waals surface area (Å²) in [4.78, 5) is 9.53. The van der Waals surface area contributed by atoms with E-state index in [1.807, 2.05) is 0 Å². The van der Waals surface area contributed by atoms with Crippen LogP contribution in [0.2, 0.25) is 0 Å². The maximum atomic E-state index is 4.66. The molecule has 112 valence electrons. The molecule has 1 aliphatic rings. The van der Waals surface area contributed by atoms with E-state index in [1.165, 1.54) is 37.0 Å². The number of pyridine rings is 1. The van der Waals surface area contributed by atoms with Crippen LogP contribution >= 0.6 is 15.9 Å². The van der Waals surface area contributed by atoms with Gasteiger partial charge in [0.2, 0.25) is 0 Å². The number of halogens is 1. The second kappa shape index (κ2) is 5.93. The summed E-state index contributed by atoms with van der Waals surface area (Å²) in [6, 6.07) is 9.17. The van der Waals surface area contributed by atoms with Crippen LogP contribution in [0.5, 0.6) is 0 Å².